The molecule has 0 saturated carbocycles. The highest BCUT2D eigenvalue weighted by Gasteiger charge is 2.31. The van der Waals surface area contributed by atoms with Crippen LogP contribution in [0.1, 0.15) is 12.8 Å². The number of anilines is 1. The van der Waals surface area contributed by atoms with Crippen molar-refractivity contribution in [2.45, 2.75) is 19.5 Å². The molecule has 1 heterocycles. The number of sulfonamides is 1. The second kappa shape index (κ2) is 9.13. The van der Waals surface area contributed by atoms with E-state index in [0.717, 1.165) is 16.6 Å². The standard InChI is InChI=1S/C20H21FN4O5S/c1-13(25(31(3,27)28)17-7-5-4-6-16(17)21)20(26)22-12-18-23-19(24-30-18)14-8-10-15(29-2)11-9-14/h4-11,13H,12H2,1-3H3,(H,22,26). The third kappa shape index (κ3) is 5.18. The molecule has 1 unspecified atom stereocenters. The molecule has 0 saturated heterocycles. The second-order valence-electron chi connectivity index (χ2n) is 6.64. The molecule has 9 nitrogen and oxygen atoms in total. The lowest BCUT2D eigenvalue weighted by Gasteiger charge is -2.28. The lowest BCUT2D eigenvalue weighted by Crippen LogP contribution is -2.48. The minimum atomic E-state index is -3.93. The second-order valence-corrected chi connectivity index (χ2v) is 8.50. The Bertz CT molecular complexity index is 1160. The van der Waals surface area contributed by atoms with Gasteiger partial charge >= 0.3 is 0 Å². The maximum absolute atomic E-state index is 14.2. The average molecular weight is 448 g/mol. The number of carbonyl (C=O) groups is 1. The molecule has 1 aromatic heterocycles. The summed E-state index contributed by atoms with van der Waals surface area (Å²) in [6, 6.07) is 11.1. The van der Waals surface area contributed by atoms with Gasteiger partial charge in [-0.2, -0.15) is 4.98 Å². The highest BCUT2D eigenvalue weighted by Crippen LogP contribution is 2.24. The molecule has 0 aliphatic heterocycles. The Morgan fingerprint density at radius 1 is 1.23 bits per heavy atom. The van der Waals surface area contributed by atoms with Gasteiger partial charge in [0.15, 0.2) is 0 Å². The lowest BCUT2D eigenvalue weighted by molar-refractivity contribution is -0.122. The Morgan fingerprint density at radius 2 is 1.90 bits per heavy atom. The number of ether oxygens (including phenoxy) is 1. The Morgan fingerprint density at radius 3 is 2.52 bits per heavy atom. The maximum Gasteiger partial charge on any atom is 0.246 e. The van der Waals surface area contributed by atoms with Crippen molar-refractivity contribution in [3.8, 4) is 17.1 Å². The molecule has 0 aliphatic carbocycles. The molecular weight excluding hydrogens is 427 g/mol. The van der Waals surface area contributed by atoms with Crippen molar-refractivity contribution >= 4 is 21.6 Å². The molecule has 0 fully saturated rings. The monoisotopic (exact) mass is 448 g/mol. The quantitative estimate of drug-likeness (QED) is 0.563. The number of hydrogen-bond donors (Lipinski definition) is 1. The van der Waals surface area contributed by atoms with Crippen molar-refractivity contribution in [2.75, 3.05) is 17.7 Å². The zero-order chi connectivity index (χ0) is 22.6. The van der Waals surface area contributed by atoms with Crippen LogP contribution in [0.4, 0.5) is 10.1 Å². The molecule has 0 spiro atoms. The van der Waals surface area contributed by atoms with Crippen LogP contribution in [0.25, 0.3) is 11.4 Å². The summed E-state index contributed by atoms with van der Waals surface area (Å²) in [6.07, 6.45) is 0.905. The largest absolute Gasteiger partial charge is 0.497 e. The van der Waals surface area contributed by atoms with E-state index in [9.17, 15) is 17.6 Å². The number of aromatic nitrogens is 2. The van der Waals surface area contributed by atoms with E-state index in [2.05, 4.69) is 15.5 Å². The number of nitrogens with one attached hydrogen (secondary N) is 1. The van der Waals surface area contributed by atoms with Gasteiger partial charge < -0.3 is 14.6 Å². The number of para-hydroxylation sites is 1. The predicted molar refractivity (Wildman–Crippen MR) is 111 cm³/mol. The van der Waals surface area contributed by atoms with Gasteiger partial charge in [0.2, 0.25) is 27.6 Å². The van der Waals surface area contributed by atoms with Crippen LogP contribution in [-0.2, 0) is 21.4 Å². The van der Waals surface area contributed by atoms with E-state index in [0.29, 0.717) is 17.1 Å². The zero-order valence-electron chi connectivity index (χ0n) is 17.1. The van der Waals surface area contributed by atoms with Crippen molar-refractivity contribution in [1.82, 2.24) is 15.5 Å². The average Bonchev–Trinajstić information content (AvgIpc) is 3.21. The normalized spacial score (nSPS) is 12.3. The lowest BCUT2D eigenvalue weighted by atomic mass is 10.2. The number of hydrogen-bond acceptors (Lipinski definition) is 7. The van der Waals surface area contributed by atoms with Crippen LogP contribution in [0.3, 0.4) is 0 Å². The fourth-order valence-electron chi connectivity index (χ4n) is 2.91. The number of halogens is 1. The molecule has 1 atom stereocenters. The van der Waals surface area contributed by atoms with Crippen LogP contribution in [0, 0.1) is 5.82 Å². The van der Waals surface area contributed by atoms with Gasteiger partial charge in [-0.3, -0.25) is 9.10 Å². The fourth-order valence-corrected chi connectivity index (χ4v) is 4.08. The summed E-state index contributed by atoms with van der Waals surface area (Å²) >= 11 is 0. The van der Waals surface area contributed by atoms with Gasteiger partial charge in [-0.15, -0.1) is 0 Å². The molecule has 0 bridgehead atoms. The maximum atomic E-state index is 14.2. The van der Waals surface area contributed by atoms with E-state index in [1.165, 1.54) is 25.1 Å². The van der Waals surface area contributed by atoms with Crippen LogP contribution >= 0.6 is 0 Å². The van der Waals surface area contributed by atoms with E-state index in [1.807, 2.05) is 0 Å². The summed E-state index contributed by atoms with van der Waals surface area (Å²) in [4.78, 5) is 16.8. The highest BCUT2D eigenvalue weighted by molar-refractivity contribution is 7.92. The molecule has 3 aromatic rings. The predicted octanol–water partition coefficient (Wildman–Crippen LogP) is 2.36. The van der Waals surface area contributed by atoms with Crippen LogP contribution in [-0.4, -0.2) is 43.9 Å². The first-order chi connectivity index (χ1) is 14.7. The number of benzene rings is 2. The van der Waals surface area contributed by atoms with Crippen LogP contribution < -0.4 is 14.4 Å². The molecule has 3 rings (SSSR count). The highest BCUT2D eigenvalue weighted by atomic mass is 32.2. The van der Waals surface area contributed by atoms with E-state index < -0.39 is 27.8 Å². The molecule has 11 heteroatoms. The Labute approximate surface area is 178 Å². The number of methoxy groups -OCH3 is 1. The Kier molecular flexibility index (Phi) is 6.54. The molecule has 0 aliphatic rings. The van der Waals surface area contributed by atoms with Crippen molar-refractivity contribution in [3.05, 3.63) is 60.2 Å². The van der Waals surface area contributed by atoms with Gasteiger partial charge in [-0.05, 0) is 43.3 Å². The molecule has 1 N–H and O–H groups in total. The number of rotatable bonds is 8. The van der Waals surface area contributed by atoms with E-state index >= 15 is 0 Å². The van der Waals surface area contributed by atoms with E-state index in [1.54, 1.807) is 31.4 Å². The van der Waals surface area contributed by atoms with Gasteiger partial charge in [0.05, 0.1) is 25.6 Å². The first kappa shape index (κ1) is 22.2. The molecule has 1 amide bonds. The van der Waals surface area contributed by atoms with Crippen molar-refractivity contribution in [2.24, 2.45) is 0 Å². The Hall–Kier alpha value is -3.47. The van der Waals surface area contributed by atoms with Crippen molar-refractivity contribution in [3.63, 3.8) is 0 Å². The Balaban J connectivity index is 1.71. The topological polar surface area (TPSA) is 115 Å². The van der Waals surface area contributed by atoms with Crippen LogP contribution in [0.15, 0.2) is 53.1 Å². The minimum Gasteiger partial charge on any atom is -0.497 e. The number of amides is 1. The van der Waals surface area contributed by atoms with Crippen molar-refractivity contribution < 1.29 is 26.9 Å². The van der Waals surface area contributed by atoms with Crippen LogP contribution in [0.2, 0.25) is 0 Å². The van der Waals surface area contributed by atoms with E-state index in [4.69, 9.17) is 9.26 Å². The minimum absolute atomic E-state index is 0.124. The number of carbonyl (C=O) groups excluding carboxylic acids is 1. The third-order valence-electron chi connectivity index (χ3n) is 4.41. The van der Waals surface area contributed by atoms with Gasteiger partial charge in [0.1, 0.15) is 17.6 Å². The van der Waals surface area contributed by atoms with Gasteiger partial charge in [-0.1, -0.05) is 17.3 Å². The first-order valence-corrected chi connectivity index (χ1v) is 11.0. The summed E-state index contributed by atoms with van der Waals surface area (Å²) in [5, 5.41) is 6.40. The molecule has 2 aromatic carbocycles. The van der Waals surface area contributed by atoms with E-state index in [-0.39, 0.29) is 18.1 Å². The summed E-state index contributed by atoms with van der Waals surface area (Å²) in [5.41, 5.74) is 0.477. The molecule has 164 valence electrons. The number of nitrogens with zero attached hydrogens (tertiary/aromatic N) is 3. The summed E-state index contributed by atoms with van der Waals surface area (Å²) in [6.45, 7) is 1.24. The van der Waals surface area contributed by atoms with Gasteiger partial charge in [0.25, 0.3) is 0 Å². The van der Waals surface area contributed by atoms with Crippen LogP contribution in [0.5, 0.6) is 5.75 Å². The molecular formula is C20H21FN4O5S. The SMILES string of the molecule is COc1ccc(-c2noc(CNC(=O)C(C)N(c3ccccc3F)S(C)(=O)=O)n2)cc1. The summed E-state index contributed by atoms with van der Waals surface area (Å²) in [7, 11) is -2.38. The molecule has 0 radical (unpaired) electrons. The first-order valence-electron chi connectivity index (χ1n) is 9.19. The smallest absolute Gasteiger partial charge is 0.246 e. The summed E-state index contributed by atoms with van der Waals surface area (Å²) < 4.78 is 49.6. The molecule has 31 heavy (non-hydrogen) atoms. The van der Waals surface area contributed by atoms with Gasteiger partial charge in [0, 0.05) is 5.56 Å². The summed E-state index contributed by atoms with van der Waals surface area (Å²) in [5.74, 6) is -0.280. The zero-order valence-corrected chi connectivity index (χ0v) is 17.9. The third-order valence-corrected chi connectivity index (χ3v) is 5.64. The fraction of sp³-hybridized carbons (Fsp3) is 0.250. The van der Waals surface area contributed by atoms with Crippen molar-refractivity contribution in [1.29, 1.82) is 0 Å². The van der Waals surface area contributed by atoms with Gasteiger partial charge in [-0.25, -0.2) is 12.8 Å².